The highest BCUT2D eigenvalue weighted by Crippen LogP contribution is 2.32. The molecule has 0 aliphatic carbocycles. The highest BCUT2D eigenvalue weighted by Gasteiger charge is 2.22. The molecule has 0 fully saturated rings. The van der Waals surface area contributed by atoms with Gasteiger partial charge in [-0.05, 0) is 37.3 Å². The predicted molar refractivity (Wildman–Crippen MR) is 89.8 cm³/mol. The van der Waals surface area contributed by atoms with Gasteiger partial charge in [-0.1, -0.05) is 11.6 Å². The maximum Gasteiger partial charge on any atom is 0.314 e. The van der Waals surface area contributed by atoms with Crippen molar-refractivity contribution in [2.24, 2.45) is 0 Å². The number of benzene rings is 2. The molecule has 0 bridgehead atoms. The number of nitrogens with zero attached hydrogens (tertiary/aromatic N) is 1. The zero-order valence-corrected chi connectivity index (χ0v) is 14.0. The van der Waals surface area contributed by atoms with Crippen molar-refractivity contribution in [3.63, 3.8) is 0 Å². The van der Waals surface area contributed by atoms with Gasteiger partial charge in [0.15, 0.2) is 11.9 Å². The lowest BCUT2D eigenvalue weighted by Gasteiger charge is -2.15. The summed E-state index contributed by atoms with van der Waals surface area (Å²) < 4.78 is 23.3. The lowest BCUT2D eigenvalue weighted by atomic mass is 10.2. The highest BCUT2D eigenvalue weighted by atomic mass is 35.5. The van der Waals surface area contributed by atoms with E-state index in [1.165, 1.54) is 38.3 Å². The van der Waals surface area contributed by atoms with Crippen LogP contribution in [0.4, 0.5) is 15.8 Å². The summed E-state index contributed by atoms with van der Waals surface area (Å²) in [4.78, 5) is 22.7. The zero-order chi connectivity index (χ0) is 18.6. The third-order valence-electron chi connectivity index (χ3n) is 3.22. The lowest BCUT2D eigenvalue weighted by molar-refractivity contribution is -0.386. The smallest absolute Gasteiger partial charge is 0.314 e. The van der Waals surface area contributed by atoms with Crippen LogP contribution in [-0.2, 0) is 4.79 Å². The average Bonchev–Trinajstić information content (AvgIpc) is 2.57. The summed E-state index contributed by atoms with van der Waals surface area (Å²) >= 11 is 5.84. The van der Waals surface area contributed by atoms with Gasteiger partial charge >= 0.3 is 5.69 Å². The molecule has 25 heavy (non-hydrogen) atoms. The number of rotatable bonds is 6. The standard InChI is InChI=1S/C16H14ClFN2O5/c1-9(16(21)19-13-5-3-10(18)7-12(13)17)25-15-6-4-11(24-2)8-14(15)20(22)23/h3-9H,1-2H3,(H,19,21). The summed E-state index contributed by atoms with van der Waals surface area (Å²) in [7, 11) is 1.38. The fourth-order valence-corrected chi connectivity index (χ4v) is 2.15. The van der Waals surface area contributed by atoms with E-state index in [-0.39, 0.29) is 27.9 Å². The van der Waals surface area contributed by atoms with Crippen molar-refractivity contribution in [1.29, 1.82) is 0 Å². The largest absolute Gasteiger partial charge is 0.496 e. The van der Waals surface area contributed by atoms with E-state index in [1.54, 1.807) is 0 Å². The van der Waals surface area contributed by atoms with E-state index in [2.05, 4.69) is 5.32 Å². The fourth-order valence-electron chi connectivity index (χ4n) is 1.94. The van der Waals surface area contributed by atoms with Crippen LogP contribution >= 0.6 is 11.6 Å². The molecule has 1 N–H and O–H groups in total. The first kappa shape index (κ1) is 18.5. The SMILES string of the molecule is COc1ccc(OC(C)C(=O)Nc2ccc(F)cc2Cl)c([N+](=O)[O-])c1. The van der Waals surface area contributed by atoms with Gasteiger partial charge in [0, 0.05) is 0 Å². The van der Waals surface area contributed by atoms with Crippen LogP contribution in [0.2, 0.25) is 5.02 Å². The molecule has 0 spiro atoms. The summed E-state index contributed by atoms with van der Waals surface area (Å²) in [6, 6.07) is 7.50. The predicted octanol–water partition coefficient (Wildman–Crippen LogP) is 3.80. The number of ether oxygens (including phenoxy) is 2. The minimum Gasteiger partial charge on any atom is -0.496 e. The Hall–Kier alpha value is -2.87. The van der Waals surface area contributed by atoms with Crippen LogP contribution in [-0.4, -0.2) is 24.0 Å². The molecule has 2 aromatic carbocycles. The molecule has 2 aromatic rings. The minimum absolute atomic E-state index is 0.0241. The Morgan fingerprint density at radius 2 is 2.04 bits per heavy atom. The van der Waals surface area contributed by atoms with E-state index in [1.807, 2.05) is 0 Å². The van der Waals surface area contributed by atoms with Crippen molar-refractivity contribution >= 4 is 28.9 Å². The van der Waals surface area contributed by atoms with E-state index >= 15 is 0 Å². The van der Waals surface area contributed by atoms with Crippen LogP contribution in [0.1, 0.15) is 6.92 Å². The molecular weight excluding hydrogens is 355 g/mol. The molecule has 0 aliphatic rings. The maximum absolute atomic E-state index is 13.0. The van der Waals surface area contributed by atoms with Crippen molar-refractivity contribution in [2.75, 3.05) is 12.4 Å². The number of amides is 1. The van der Waals surface area contributed by atoms with Gasteiger partial charge in [0.25, 0.3) is 5.91 Å². The zero-order valence-electron chi connectivity index (χ0n) is 13.3. The molecule has 0 aromatic heterocycles. The Balaban J connectivity index is 2.14. The summed E-state index contributed by atoms with van der Waals surface area (Å²) in [6.07, 6.45) is -1.06. The molecule has 2 rings (SSSR count). The van der Waals surface area contributed by atoms with Gasteiger partial charge in [0.2, 0.25) is 0 Å². The molecule has 0 saturated heterocycles. The number of hydrogen-bond acceptors (Lipinski definition) is 5. The molecule has 0 aliphatic heterocycles. The molecular formula is C16H14ClFN2O5. The van der Waals surface area contributed by atoms with Crippen molar-refractivity contribution in [3.8, 4) is 11.5 Å². The number of hydrogen-bond donors (Lipinski definition) is 1. The first-order chi connectivity index (χ1) is 11.8. The first-order valence-electron chi connectivity index (χ1n) is 7.07. The molecule has 0 saturated carbocycles. The van der Waals surface area contributed by atoms with Crippen LogP contribution in [0.5, 0.6) is 11.5 Å². The number of methoxy groups -OCH3 is 1. The van der Waals surface area contributed by atoms with Gasteiger partial charge in [0.1, 0.15) is 11.6 Å². The van der Waals surface area contributed by atoms with Gasteiger partial charge < -0.3 is 14.8 Å². The van der Waals surface area contributed by atoms with Gasteiger partial charge in [0.05, 0.1) is 28.8 Å². The Morgan fingerprint density at radius 1 is 1.32 bits per heavy atom. The third-order valence-corrected chi connectivity index (χ3v) is 3.54. The van der Waals surface area contributed by atoms with Crippen molar-refractivity contribution in [3.05, 3.63) is 57.4 Å². The second-order valence-electron chi connectivity index (χ2n) is 4.96. The van der Waals surface area contributed by atoms with Gasteiger partial charge in [-0.15, -0.1) is 0 Å². The van der Waals surface area contributed by atoms with Crippen LogP contribution in [0, 0.1) is 15.9 Å². The van der Waals surface area contributed by atoms with E-state index in [9.17, 15) is 19.3 Å². The molecule has 9 heteroatoms. The molecule has 0 radical (unpaired) electrons. The lowest BCUT2D eigenvalue weighted by Crippen LogP contribution is -2.30. The molecule has 1 amide bonds. The number of carbonyl (C=O) groups is 1. The van der Waals surface area contributed by atoms with Crippen LogP contribution < -0.4 is 14.8 Å². The number of carbonyl (C=O) groups excluding carboxylic acids is 1. The molecule has 7 nitrogen and oxygen atoms in total. The first-order valence-corrected chi connectivity index (χ1v) is 7.44. The fraction of sp³-hybridized carbons (Fsp3) is 0.188. The minimum atomic E-state index is -1.06. The summed E-state index contributed by atoms with van der Waals surface area (Å²) in [6.45, 7) is 1.42. The van der Waals surface area contributed by atoms with Crippen molar-refractivity contribution in [1.82, 2.24) is 0 Å². The summed E-state index contributed by atoms with van der Waals surface area (Å²) in [5.41, 5.74) is -0.133. The monoisotopic (exact) mass is 368 g/mol. The van der Waals surface area contributed by atoms with Crippen molar-refractivity contribution < 1.29 is 23.6 Å². The van der Waals surface area contributed by atoms with Crippen molar-refractivity contribution in [2.45, 2.75) is 13.0 Å². The van der Waals surface area contributed by atoms with Gasteiger partial charge in [-0.3, -0.25) is 14.9 Å². The van der Waals surface area contributed by atoms with E-state index in [4.69, 9.17) is 21.1 Å². The third kappa shape index (κ3) is 4.57. The van der Waals surface area contributed by atoms with E-state index in [0.717, 1.165) is 12.1 Å². The molecule has 132 valence electrons. The van der Waals surface area contributed by atoms with Crippen LogP contribution in [0.15, 0.2) is 36.4 Å². The average molecular weight is 369 g/mol. The number of halogens is 2. The molecule has 1 atom stereocenters. The van der Waals surface area contributed by atoms with E-state index in [0.29, 0.717) is 0 Å². The normalized spacial score (nSPS) is 11.5. The Kier molecular flexibility index (Phi) is 5.76. The van der Waals surface area contributed by atoms with E-state index < -0.39 is 22.8 Å². The topological polar surface area (TPSA) is 90.7 Å². The number of nitro benzene ring substituents is 1. The van der Waals surface area contributed by atoms with Crippen LogP contribution in [0.3, 0.4) is 0 Å². The molecule has 0 heterocycles. The number of nitro groups is 1. The second kappa shape index (κ2) is 7.80. The van der Waals surface area contributed by atoms with Gasteiger partial charge in [-0.25, -0.2) is 4.39 Å². The quantitative estimate of drug-likeness (QED) is 0.618. The van der Waals surface area contributed by atoms with Gasteiger partial charge in [-0.2, -0.15) is 0 Å². The summed E-state index contributed by atoms with van der Waals surface area (Å²) in [5, 5.41) is 13.6. The number of anilines is 1. The summed E-state index contributed by atoms with van der Waals surface area (Å²) in [5.74, 6) is -0.937. The maximum atomic E-state index is 13.0. The Labute approximate surface area is 147 Å². The van der Waals surface area contributed by atoms with Crippen LogP contribution in [0.25, 0.3) is 0 Å². The molecule has 1 unspecified atom stereocenters. The highest BCUT2D eigenvalue weighted by molar-refractivity contribution is 6.33. The number of nitrogens with one attached hydrogen (secondary N) is 1. The second-order valence-corrected chi connectivity index (χ2v) is 5.37. The Morgan fingerprint density at radius 3 is 2.64 bits per heavy atom. The Bertz CT molecular complexity index is 815.